The molecule has 0 spiro atoms. The van der Waals surface area contributed by atoms with Gasteiger partial charge in [0.25, 0.3) is 10.0 Å². The second-order valence-electron chi connectivity index (χ2n) is 4.92. The van der Waals surface area contributed by atoms with Gasteiger partial charge in [-0.15, -0.1) is 0 Å². The molecule has 112 valence electrons. The van der Waals surface area contributed by atoms with Gasteiger partial charge >= 0.3 is 0 Å². The third-order valence-corrected chi connectivity index (χ3v) is 4.85. The number of H-pyrrole nitrogens is 1. The van der Waals surface area contributed by atoms with Gasteiger partial charge < -0.3 is 4.98 Å². The number of sulfonamides is 1. The number of aryl methyl sites for hydroxylation is 1. The Balaban J connectivity index is 1.93. The van der Waals surface area contributed by atoms with Crippen LogP contribution in [0.25, 0.3) is 11.3 Å². The first-order valence-corrected chi connectivity index (χ1v) is 8.22. The maximum atomic E-state index is 12.5. The van der Waals surface area contributed by atoms with E-state index in [-0.39, 0.29) is 4.90 Å². The lowest BCUT2D eigenvalue weighted by Crippen LogP contribution is -2.14. The van der Waals surface area contributed by atoms with E-state index in [1.807, 2.05) is 12.1 Å². The first-order valence-electron chi connectivity index (χ1n) is 6.73. The fourth-order valence-electron chi connectivity index (χ4n) is 2.23. The van der Waals surface area contributed by atoms with Crippen LogP contribution in [0.2, 0.25) is 0 Å². The largest absolute Gasteiger partial charge is 0.345 e. The highest BCUT2D eigenvalue weighted by Gasteiger charge is 2.16. The number of rotatable bonds is 4. The average Bonchev–Trinajstić information content (AvgIpc) is 3.01. The summed E-state index contributed by atoms with van der Waals surface area (Å²) in [6.45, 7) is 1.77. The molecule has 22 heavy (non-hydrogen) atoms. The number of benzene rings is 2. The Morgan fingerprint density at radius 1 is 1.09 bits per heavy atom. The van der Waals surface area contributed by atoms with Gasteiger partial charge in [-0.3, -0.25) is 4.72 Å². The van der Waals surface area contributed by atoms with E-state index >= 15 is 0 Å². The van der Waals surface area contributed by atoms with Gasteiger partial charge in [-0.25, -0.2) is 13.4 Å². The molecule has 2 N–H and O–H groups in total. The summed E-state index contributed by atoms with van der Waals surface area (Å²) in [5.74, 6) is 0. The van der Waals surface area contributed by atoms with E-state index in [1.165, 1.54) is 0 Å². The third-order valence-electron chi connectivity index (χ3n) is 3.31. The molecule has 2 aromatic carbocycles. The Labute approximate surface area is 129 Å². The van der Waals surface area contributed by atoms with Gasteiger partial charge in [0.1, 0.15) is 0 Å². The predicted molar refractivity (Wildman–Crippen MR) is 86.0 cm³/mol. The topological polar surface area (TPSA) is 74.8 Å². The summed E-state index contributed by atoms with van der Waals surface area (Å²) in [4.78, 5) is 7.24. The van der Waals surface area contributed by atoms with Crippen LogP contribution in [0.5, 0.6) is 0 Å². The van der Waals surface area contributed by atoms with Crippen molar-refractivity contribution in [3.05, 3.63) is 66.6 Å². The van der Waals surface area contributed by atoms with Crippen LogP contribution in [-0.4, -0.2) is 18.4 Å². The van der Waals surface area contributed by atoms with Crippen LogP contribution in [0.3, 0.4) is 0 Å². The third kappa shape index (κ3) is 2.87. The van der Waals surface area contributed by atoms with Crippen molar-refractivity contribution in [3.8, 4) is 11.3 Å². The molecular formula is C16H15N3O2S. The first-order chi connectivity index (χ1) is 10.6. The summed E-state index contributed by atoms with van der Waals surface area (Å²) >= 11 is 0. The Hall–Kier alpha value is -2.60. The molecule has 1 aromatic heterocycles. The van der Waals surface area contributed by atoms with Gasteiger partial charge in [-0.1, -0.05) is 30.3 Å². The molecule has 3 aromatic rings. The van der Waals surface area contributed by atoms with Crippen molar-refractivity contribution in [2.45, 2.75) is 11.8 Å². The minimum absolute atomic E-state index is 0.280. The molecule has 3 rings (SSSR count). The summed E-state index contributed by atoms with van der Waals surface area (Å²) in [6, 6.07) is 14.1. The minimum atomic E-state index is -3.61. The smallest absolute Gasteiger partial charge is 0.262 e. The highest BCUT2D eigenvalue weighted by Crippen LogP contribution is 2.23. The van der Waals surface area contributed by atoms with Crippen LogP contribution in [0.15, 0.2) is 66.0 Å². The van der Waals surface area contributed by atoms with Crippen molar-refractivity contribution >= 4 is 15.7 Å². The number of nitrogens with one attached hydrogen (secondary N) is 2. The van der Waals surface area contributed by atoms with Crippen molar-refractivity contribution in [3.63, 3.8) is 0 Å². The van der Waals surface area contributed by atoms with Crippen molar-refractivity contribution < 1.29 is 8.42 Å². The lowest BCUT2D eigenvalue weighted by molar-refractivity contribution is 0.600. The van der Waals surface area contributed by atoms with Crippen molar-refractivity contribution in [1.82, 2.24) is 9.97 Å². The minimum Gasteiger partial charge on any atom is -0.345 e. The molecule has 0 saturated carbocycles. The number of anilines is 1. The second kappa shape index (κ2) is 5.65. The van der Waals surface area contributed by atoms with E-state index in [9.17, 15) is 8.42 Å². The average molecular weight is 313 g/mol. The molecule has 0 saturated heterocycles. The molecule has 0 radical (unpaired) electrons. The van der Waals surface area contributed by atoms with Gasteiger partial charge in [0.05, 0.1) is 23.1 Å². The number of aromatic amines is 1. The van der Waals surface area contributed by atoms with Crippen molar-refractivity contribution in [2.75, 3.05) is 4.72 Å². The zero-order chi connectivity index (χ0) is 15.6. The van der Waals surface area contributed by atoms with Crippen LogP contribution < -0.4 is 4.72 Å². The van der Waals surface area contributed by atoms with E-state index < -0.39 is 10.0 Å². The molecule has 0 aliphatic rings. The van der Waals surface area contributed by atoms with Crippen LogP contribution in [0.1, 0.15) is 5.56 Å². The fraction of sp³-hybridized carbons (Fsp3) is 0.0625. The van der Waals surface area contributed by atoms with Gasteiger partial charge in [0.15, 0.2) is 0 Å². The number of hydrogen-bond donors (Lipinski definition) is 2. The summed E-state index contributed by atoms with van der Waals surface area (Å²) in [5, 5.41) is 0. The zero-order valence-electron chi connectivity index (χ0n) is 11.9. The Morgan fingerprint density at radius 3 is 2.64 bits per heavy atom. The van der Waals surface area contributed by atoms with Crippen molar-refractivity contribution in [1.29, 1.82) is 0 Å². The Kier molecular flexibility index (Phi) is 3.68. The van der Waals surface area contributed by atoms with E-state index in [0.29, 0.717) is 11.3 Å². The molecule has 0 unspecified atom stereocenters. The lowest BCUT2D eigenvalue weighted by Gasteiger charge is -2.11. The summed E-state index contributed by atoms with van der Waals surface area (Å²) in [6.07, 6.45) is 3.27. The van der Waals surface area contributed by atoms with Crippen LogP contribution >= 0.6 is 0 Å². The molecule has 0 bridgehead atoms. The van der Waals surface area contributed by atoms with Crippen molar-refractivity contribution in [2.24, 2.45) is 0 Å². The number of imidazole rings is 1. The van der Waals surface area contributed by atoms with Crippen LogP contribution in [-0.2, 0) is 10.0 Å². The summed E-state index contributed by atoms with van der Waals surface area (Å²) in [5.41, 5.74) is 2.91. The fourth-order valence-corrected chi connectivity index (χ4v) is 3.53. The number of hydrogen-bond acceptors (Lipinski definition) is 3. The van der Waals surface area contributed by atoms with Gasteiger partial charge in [-0.2, -0.15) is 0 Å². The van der Waals surface area contributed by atoms with Crippen LogP contribution in [0, 0.1) is 6.92 Å². The standard InChI is InChI=1S/C16H15N3O2S/c1-12-5-2-3-8-16(12)22(20,21)19-14-7-4-6-13(9-14)15-10-17-11-18-15/h2-11,19H,1H3,(H,17,18). The van der Waals surface area contributed by atoms with E-state index in [4.69, 9.17) is 0 Å². The highest BCUT2D eigenvalue weighted by molar-refractivity contribution is 7.92. The summed E-state index contributed by atoms with van der Waals surface area (Å²) < 4.78 is 27.6. The Morgan fingerprint density at radius 2 is 1.91 bits per heavy atom. The number of nitrogens with zero attached hydrogens (tertiary/aromatic N) is 1. The number of aromatic nitrogens is 2. The molecule has 6 heteroatoms. The molecule has 1 heterocycles. The SMILES string of the molecule is Cc1ccccc1S(=O)(=O)Nc1cccc(-c2cnc[nH]2)c1. The highest BCUT2D eigenvalue weighted by atomic mass is 32.2. The molecule has 0 amide bonds. The van der Waals surface area contributed by atoms with E-state index in [2.05, 4.69) is 14.7 Å². The van der Waals surface area contributed by atoms with Gasteiger partial charge in [-0.05, 0) is 30.7 Å². The lowest BCUT2D eigenvalue weighted by atomic mass is 10.1. The molecule has 0 aliphatic carbocycles. The molecular weight excluding hydrogens is 298 g/mol. The normalized spacial score (nSPS) is 11.3. The molecule has 0 aliphatic heterocycles. The quantitative estimate of drug-likeness (QED) is 0.777. The Bertz CT molecular complexity index is 887. The molecule has 0 fully saturated rings. The molecule has 5 nitrogen and oxygen atoms in total. The maximum absolute atomic E-state index is 12.5. The van der Waals surface area contributed by atoms with Gasteiger partial charge in [0, 0.05) is 11.3 Å². The van der Waals surface area contributed by atoms with E-state index in [1.54, 1.807) is 55.8 Å². The van der Waals surface area contributed by atoms with E-state index in [0.717, 1.165) is 11.3 Å². The van der Waals surface area contributed by atoms with Gasteiger partial charge in [0.2, 0.25) is 0 Å². The van der Waals surface area contributed by atoms with Crippen LogP contribution in [0.4, 0.5) is 5.69 Å². The molecule has 0 atom stereocenters. The monoisotopic (exact) mass is 313 g/mol. The predicted octanol–water partition coefficient (Wildman–Crippen LogP) is 3.19. The summed E-state index contributed by atoms with van der Waals surface area (Å²) in [7, 11) is -3.61. The second-order valence-corrected chi connectivity index (χ2v) is 6.57. The zero-order valence-corrected chi connectivity index (χ0v) is 12.8. The maximum Gasteiger partial charge on any atom is 0.262 e. The first kappa shape index (κ1) is 14.3.